The van der Waals surface area contributed by atoms with Crippen molar-refractivity contribution in [1.82, 2.24) is 19.4 Å². The lowest BCUT2D eigenvalue weighted by Gasteiger charge is -2.43. The van der Waals surface area contributed by atoms with Crippen molar-refractivity contribution in [2.45, 2.75) is 12.8 Å². The summed E-state index contributed by atoms with van der Waals surface area (Å²) in [6.45, 7) is 6.54. The number of carbonyl (C=O) groups excluding carboxylic acids is 1. The summed E-state index contributed by atoms with van der Waals surface area (Å²) in [4.78, 5) is 21.4. The summed E-state index contributed by atoms with van der Waals surface area (Å²) in [6.07, 6.45) is 5.60. The van der Waals surface area contributed by atoms with E-state index < -0.39 is 0 Å². The van der Waals surface area contributed by atoms with Crippen LogP contribution in [0.3, 0.4) is 0 Å². The highest BCUT2D eigenvalue weighted by Gasteiger charge is 2.40. The molecule has 7 nitrogen and oxygen atoms in total. The highest BCUT2D eigenvalue weighted by Crippen LogP contribution is 2.33. The number of methoxy groups -OCH3 is 1. The third-order valence-corrected chi connectivity index (χ3v) is 5.09. The van der Waals surface area contributed by atoms with Gasteiger partial charge in [0.1, 0.15) is 0 Å². The molecule has 2 fully saturated rings. The van der Waals surface area contributed by atoms with Gasteiger partial charge in [-0.05, 0) is 12.8 Å². The zero-order chi connectivity index (χ0) is 17.0. The number of rotatable bonds is 4. The molecule has 2 aliphatic heterocycles. The van der Waals surface area contributed by atoms with Gasteiger partial charge >= 0.3 is 0 Å². The molecule has 0 bridgehead atoms. The van der Waals surface area contributed by atoms with E-state index in [9.17, 15) is 4.79 Å². The van der Waals surface area contributed by atoms with E-state index in [4.69, 9.17) is 9.47 Å². The molecule has 3 rings (SSSR count). The van der Waals surface area contributed by atoms with E-state index >= 15 is 0 Å². The zero-order valence-corrected chi connectivity index (χ0v) is 14.7. The highest BCUT2D eigenvalue weighted by atomic mass is 16.5. The molecule has 24 heavy (non-hydrogen) atoms. The van der Waals surface area contributed by atoms with E-state index in [1.165, 1.54) is 0 Å². The number of nitrogens with zero attached hydrogens (tertiary/aromatic N) is 4. The number of imidazole rings is 1. The van der Waals surface area contributed by atoms with Gasteiger partial charge < -0.3 is 18.9 Å². The summed E-state index contributed by atoms with van der Waals surface area (Å²) in [5.74, 6) is 0.534. The normalized spacial score (nSPS) is 25.8. The van der Waals surface area contributed by atoms with Gasteiger partial charge in [-0.15, -0.1) is 0 Å². The summed E-state index contributed by atoms with van der Waals surface area (Å²) in [5, 5.41) is 0. The molecular formula is C17H28N4O3. The predicted molar refractivity (Wildman–Crippen MR) is 89.9 cm³/mol. The summed E-state index contributed by atoms with van der Waals surface area (Å²) >= 11 is 0. The highest BCUT2D eigenvalue weighted by molar-refractivity contribution is 5.90. The number of aryl methyl sites for hydroxylation is 1. The SMILES string of the molecule is COCCN1CCOC[C@]2(CCCN(C(=O)c3nccn3C)C2)C1. The van der Waals surface area contributed by atoms with Crippen molar-refractivity contribution in [3.05, 3.63) is 18.2 Å². The molecule has 1 atom stereocenters. The van der Waals surface area contributed by atoms with Gasteiger partial charge in [-0.2, -0.15) is 0 Å². The van der Waals surface area contributed by atoms with E-state index in [0.29, 0.717) is 5.82 Å². The predicted octanol–water partition coefficient (Wildman–Crippen LogP) is 0.621. The van der Waals surface area contributed by atoms with Crippen LogP contribution in [0.15, 0.2) is 12.4 Å². The molecule has 0 radical (unpaired) electrons. The lowest BCUT2D eigenvalue weighted by molar-refractivity contribution is 0.00559. The number of hydrogen-bond donors (Lipinski definition) is 0. The molecule has 1 aromatic rings. The number of piperidine rings is 1. The average molecular weight is 336 g/mol. The second kappa shape index (κ2) is 7.63. The number of hydrogen-bond acceptors (Lipinski definition) is 5. The Labute approximate surface area is 143 Å². The van der Waals surface area contributed by atoms with Gasteiger partial charge in [0.15, 0.2) is 5.82 Å². The van der Waals surface area contributed by atoms with Crippen LogP contribution >= 0.6 is 0 Å². The van der Waals surface area contributed by atoms with E-state index in [0.717, 1.165) is 65.4 Å². The first kappa shape index (κ1) is 17.4. The van der Waals surface area contributed by atoms with Crippen molar-refractivity contribution in [3.8, 4) is 0 Å². The Kier molecular flexibility index (Phi) is 5.53. The first-order chi connectivity index (χ1) is 11.6. The summed E-state index contributed by atoms with van der Waals surface area (Å²) in [7, 11) is 3.60. The van der Waals surface area contributed by atoms with Gasteiger partial charge in [0.05, 0.1) is 19.8 Å². The van der Waals surface area contributed by atoms with Gasteiger partial charge in [0.2, 0.25) is 0 Å². The fraction of sp³-hybridized carbons (Fsp3) is 0.765. The summed E-state index contributed by atoms with van der Waals surface area (Å²) in [6, 6.07) is 0. The van der Waals surface area contributed by atoms with Crippen LogP contribution in [0.1, 0.15) is 23.5 Å². The number of amides is 1. The molecule has 134 valence electrons. The first-order valence-electron chi connectivity index (χ1n) is 8.69. The molecule has 0 saturated carbocycles. The Hall–Kier alpha value is -1.44. The van der Waals surface area contributed by atoms with Crippen LogP contribution in [-0.4, -0.2) is 84.9 Å². The second-order valence-corrected chi connectivity index (χ2v) is 7.01. The van der Waals surface area contributed by atoms with Crippen LogP contribution in [0, 0.1) is 5.41 Å². The molecule has 0 aromatic carbocycles. The van der Waals surface area contributed by atoms with Gasteiger partial charge in [-0.1, -0.05) is 0 Å². The van der Waals surface area contributed by atoms with Crippen LogP contribution in [0.4, 0.5) is 0 Å². The van der Waals surface area contributed by atoms with E-state index in [1.807, 2.05) is 18.1 Å². The van der Waals surface area contributed by atoms with Crippen molar-refractivity contribution in [2.24, 2.45) is 12.5 Å². The fourth-order valence-corrected chi connectivity index (χ4v) is 3.83. The second-order valence-electron chi connectivity index (χ2n) is 7.01. The van der Waals surface area contributed by atoms with Gasteiger partial charge in [0, 0.05) is 64.7 Å². The van der Waals surface area contributed by atoms with Crippen molar-refractivity contribution in [1.29, 1.82) is 0 Å². The minimum Gasteiger partial charge on any atom is -0.383 e. The number of aromatic nitrogens is 2. The van der Waals surface area contributed by atoms with E-state index in [-0.39, 0.29) is 11.3 Å². The Balaban J connectivity index is 1.71. The Bertz CT molecular complexity index is 562. The molecule has 0 aliphatic carbocycles. The minimum absolute atomic E-state index is 0.0172. The first-order valence-corrected chi connectivity index (χ1v) is 8.69. The molecule has 3 heterocycles. The van der Waals surface area contributed by atoms with Crippen molar-refractivity contribution in [2.75, 3.05) is 59.7 Å². The Morgan fingerprint density at radius 1 is 1.42 bits per heavy atom. The molecule has 7 heteroatoms. The Morgan fingerprint density at radius 2 is 2.29 bits per heavy atom. The third-order valence-electron chi connectivity index (χ3n) is 5.09. The van der Waals surface area contributed by atoms with Gasteiger partial charge in [-0.25, -0.2) is 4.98 Å². The van der Waals surface area contributed by atoms with Crippen LogP contribution < -0.4 is 0 Å². The van der Waals surface area contributed by atoms with Gasteiger partial charge in [-0.3, -0.25) is 9.69 Å². The van der Waals surface area contributed by atoms with Crippen molar-refractivity contribution >= 4 is 5.91 Å². The van der Waals surface area contributed by atoms with Crippen molar-refractivity contribution < 1.29 is 14.3 Å². The molecular weight excluding hydrogens is 308 g/mol. The largest absolute Gasteiger partial charge is 0.383 e. The summed E-state index contributed by atoms with van der Waals surface area (Å²) < 4.78 is 12.9. The van der Waals surface area contributed by atoms with Crippen LogP contribution in [0.2, 0.25) is 0 Å². The topological polar surface area (TPSA) is 59.8 Å². The maximum atomic E-state index is 12.8. The number of carbonyl (C=O) groups is 1. The quantitative estimate of drug-likeness (QED) is 0.807. The fourth-order valence-electron chi connectivity index (χ4n) is 3.83. The number of ether oxygens (including phenoxy) is 2. The monoisotopic (exact) mass is 336 g/mol. The third kappa shape index (κ3) is 3.79. The maximum Gasteiger partial charge on any atom is 0.289 e. The number of likely N-dealkylation sites (tertiary alicyclic amines) is 1. The van der Waals surface area contributed by atoms with E-state index in [2.05, 4.69) is 9.88 Å². The van der Waals surface area contributed by atoms with Crippen LogP contribution in [0.25, 0.3) is 0 Å². The van der Waals surface area contributed by atoms with Crippen LogP contribution in [-0.2, 0) is 16.5 Å². The maximum absolute atomic E-state index is 12.8. The molecule has 2 saturated heterocycles. The lowest BCUT2D eigenvalue weighted by Crippen LogP contribution is -2.52. The average Bonchev–Trinajstić information content (AvgIpc) is 2.92. The molecule has 0 unspecified atom stereocenters. The van der Waals surface area contributed by atoms with E-state index in [1.54, 1.807) is 17.9 Å². The minimum atomic E-state index is 0.0172. The lowest BCUT2D eigenvalue weighted by atomic mass is 9.80. The molecule has 1 amide bonds. The standard InChI is InChI=1S/C17H28N4O3/c1-19-7-5-18-15(19)16(22)21-6-3-4-17(13-21)12-20(8-10-23-2)9-11-24-14-17/h5,7H,3-4,6,8-14H2,1-2H3/t17-/m1/s1. The summed E-state index contributed by atoms with van der Waals surface area (Å²) in [5.41, 5.74) is 0.0172. The van der Waals surface area contributed by atoms with Gasteiger partial charge in [0.25, 0.3) is 5.91 Å². The molecule has 2 aliphatic rings. The smallest absolute Gasteiger partial charge is 0.289 e. The Morgan fingerprint density at radius 3 is 3.04 bits per heavy atom. The molecule has 0 N–H and O–H groups in total. The van der Waals surface area contributed by atoms with Crippen LogP contribution in [0.5, 0.6) is 0 Å². The molecule has 1 spiro atoms. The molecule has 1 aromatic heterocycles. The zero-order valence-electron chi connectivity index (χ0n) is 14.7. The van der Waals surface area contributed by atoms with Crippen molar-refractivity contribution in [3.63, 3.8) is 0 Å².